The molecule has 1 saturated heterocycles. The van der Waals surface area contributed by atoms with Gasteiger partial charge in [0.2, 0.25) is 15.9 Å². The maximum absolute atomic E-state index is 13.0. The van der Waals surface area contributed by atoms with E-state index in [1.165, 1.54) is 27.0 Å². The van der Waals surface area contributed by atoms with Gasteiger partial charge in [-0.1, -0.05) is 42.1 Å². The number of amides is 2. The molecule has 2 aromatic rings. The monoisotopic (exact) mass is 468 g/mol. The first kappa shape index (κ1) is 22.1. The fraction of sp³-hybridized carbons (Fsp3) is 0.227. The Morgan fingerprint density at radius 1 is 1.03 bits per heavy atom. The van der Waals surface area contributed by atoms with Gasteiger partial charge in [0.25, 0.3) is 5.91 Å². The van der Waals surface area contributed by atoms with Crippen molar-refractivity contribution >= 4 is 33.6 Å². The van der Waals surface area contributed by atoms with Crippen LogP contribution in [0.5, 0.6) is 0 Å². The lowest BCUT2D eigenvalue weighted by Gasteiger charge is -2.36. The maximum atomic E-state index is 13.0. The number of fused-ring (bicyclic) bond motifs is 1. The van der Waals surface area contributed by atoms with Crippen LogP contribution in [0.3, 0.4) is 0 Å². The summed E-state index contributed by atoms with van der Waals surface area (Å²) < 4.78 is 26.9. The Hall–Kier alpha value is -3.13. The SMILES string of the molecule is N#C/C=C1/Sc2ccccc2C(=O)N1CC(=O)N1CCN(S(=O)(=O)c2ccccc2)CC1. The zero-order chi connectivity index (χ0) is 22.7. The molecule has 2 aliphatic heterocycles. The van der Waals surface area contributed by atoms with Gasteiger partial charge in [-0.3, -0.25) is 14.5 Å². The first-order chi connectivity index (χ1) is 15.4. The van der Waals surface area contributed by atoms with E-state index >= 15 is 0 Å². The smallest absolute Gasteiger partial charge is 0.260 e. The van der Waals surface area contributed by atoms with E-state index in [1.54, 1.807) is 53.4 Å². The van der Waals surface area contributed by atoms with E-state index < -0.39 is 10.0 Å². The molecular formula is C22H20N4O4S2. The minimum Gasteiger partial charge on any atom is -0.338 e. The van der Waals surface area contributed by atoms with Gasteiger partial charge in [0.05, 0.1) is 21.6 Å². The van der Waals surface area contributed by atoms with Crippen LogP contribution in [0.4, 0.5) is 0 Å². The van der Waals surface area contributed by atoms with Crippen LogP contribution in [0, 0.1) is 11.3 Å². The van der Waals surface area contributed by atoms with Crippen molar-refractivity contribution in [1.82, 2.24) is 14.1 Å². The van der Waals surface area contributed by atoms with Gasteiger partial charge in [-0.05, 0) is 24.3 Å². The largest absolute Gasteiger partial charge is 0.338 e. The van der Waals surface area contributed by atoms with Gasteiger partial charge < -0.3 is 4.90 Å². The third-order valence-corrected chi connectivity index (χ3v) is 8.33. The molecule has 0 spiro atoms. The lowest BCUT2D eigenvalue weighted by molar-refractivity contribution is -0.132. The summed E-state index contributed by atoms with van der Waals surface area (Å²) in [6.45, 7) is 0.603. The molecular weight excluding hydrogens is 448 g/mol. The Morgan fingerprint density at radius 2 is 1.69 bits per heavy atom. The predicted molar refractivity (Wildman–Crippen MR) is 119 cm³/mol. The fourth-order valence-electron chi connectivity index (χ4n) is 3.61. The summed E-state index contributed by atoms with van der Waals surface area (Å²) >= 11 is 1.27. The van der Waals surface area contributed by atoms with Crippen LogP contribution in [0.25, 0.3) is 0 Å². The molecule has 2 amide bonds. The van der Waals surface area contributed by atoms with Crippen LogP contribution < -0.4 is 0 Å². The van der Waals surface area contributed by atoms with Gasteiger partial charge in [0.15, 0.2) is 0 Å². The standard InChI is InChI=1S/C22H20N4O4S2/c23-11-10-21-26(22(28)18-8-4-5-9-19(18)31-21)16-20(27)24-12-14-25(15-13-24)32(29,30)17-6-2-1-3-7-17/h1-10H,12-16H2/b21-10+. The summed E-state index contributed by atoms with van der Waals surface area (Å²) in [4.78, 5) is 29.7. The summed E-state index contributed by atoms with van der Waals surface area (Å²) in [5.74, 6) is -0.626. The summed E-state index contributed by atoms with van der Waals surface area (Å²) in [7, 11) is -3.61. The number of thioether (sulfide) groups is 1. The van der Waals surface area contributed by atoms with E-state index in [0.717, 1.165) is 4.90 Å². The molecule has 2 aromatic carbocycles. The second-order valence-electron chi connectivity index (χ2n) is 7.20. The van der Waals surface area contributed by atoms with Crippen molar-refractivity contribution < 1.29 is 18.0 Å². The molecule has 2 aliphatic rings. The van der Waals surface area contributed by atoms with Crippen LogP contribution in [0.15, 0.2) is 75.5 Å². The summed E-state index contributed by atoms with van der Waals surface area (Å²) in [6, 6.07) is 17.2. The number of benzene rings is 2. The minimum absolute atomic E-state index is 0.176. The van der Waals surface area contributed by atoms with Crippen molar-refractivity contribution in [2.24, 2.45) is 0 Å². The highest BCUT2D eigenvalue weighted by Crippen LogP contribution is 2.38. The van der Waals surface area contributed by atoms with Crippen molar-refractivity contribution in [3.05, 3.63) is 71.3 Å². The molecule has 0 saturated carbocycles. The van der Waals surface area contributed by atoms with Gasteiger partial charge in [0.1, 0.15) is 6.54 Å². The summed E-state index contributed by atoms with van der Waals surface area (Å²) in [5.41, 5.74) is 0.485. The number of hydrogen-bond donors (Lipinski definition) is 0. The Labute approximate surface area is 190 Å². The lowest BCUT2D eigenvalue weighted by Crippen LogP contribution is -2.53. The summed E-state index contributed by atoms with van der Waals surface area (Å²) in [6.07, 6.45) is 1.26. The lowest BCUT2D eigenvalue weighted by atomic mass is 10.2. The predicted octanol–water partition coefficient (Wildman–Crippen LogP) is 2.13. The summed E-state index contributed by atoms with van der Waals surface area (Å²) in [5, 5.41) is 9.52. The third-order valence-electron chi connectivity index (χ3n) is 5.30. The van der Waals surface area contributed by atoms with Crippen LogP contribution in [-0.4, -0.2) is 67.1 Å². The van der Waals surface area contributed by atoms with E-state index in [0.29, 0.717) is 10.6 Å². The normalized spacial score (nSPS) is 18.3. The molecule has 0 aromatic heterocycles. The van der Waals surface area contributed by atoms with E-state index in [2.05, 4.69) is 0 Å². The highest BCUT2D eigenvalue weighted by Gasteiger charge is 2.34. The molecule has 10 heteroatoms. The average Bonchev–Trinajstić information content (AvgIpc) is 2.82. The van der Waals surface area contributed by atoms with Gasteiger partial charge >= 0.3 is 0 Å². The molecule has 164 valence electrons. The highest BCUT2D eigenvalue weighted by molar-refractivity contribution is 8.03. The van der Waals surface area contributed by atoms with Crippen LogP contribution >= 0.6 is 11.8 Å². The van der Waals surface area contributed by atoms with E-state index in [9.17, 15) is 18.0 Å². The Bertz CT molecular complexity index is 1210. The molecule has 0 unspecified atom stereocenters. The third kappa shape index (κ3) is 4.27. The van der Waals surface area contributed by atoms with E-state index in [1.807, 2.05) is 12.1 Å². The number of allylic oxidation sites excluding steroid dienone is 1. The molecule has 8 nitrogen and oxygen atoms in total. The number of nitrogens with zero attached hydrogens (tertiary/aromatic N) is 4. The second-order valence-corrected chi connectivity index (χ2v) is 10.2. The number of piperazine rings is 1. The first-order valence-electron chi connectivity index (χ1n) is 9.93. The topological polar surface area (TPSA) is 102 Å². The van der Waals surface area contributed by atoms with Gasteiger partial charge in [-0.15, -0.1) is 0 Å². The molecule has 0 aliphatic carbocycles. The van der Waals surface area contributed by atoms with Gasteiger partial charge in [-0.25, -0.2) is 8.42 Å². The van der Waals surface area contributed by atoms with Gasteiger partial charge in [0, 0.05) is 37.2 Å². The number of sulfonamides is 1. The van der Waals surface area contributed by atoms with Crippen molar-refractivity contribution in [3.63, 3.8) is 0 Å². The Morgan fingerprint density at radius 3 is 2.38 bits per heavy atom. The van der Waals surface area contributed by atoms with E-state index in [-0.39, 0.29) is 49.4 Å². The second kappa shape index (κ2) is 9.16. The molecule has 4 rings (SSSR count). The maximum Gasteiger partial charge on any atom is 0.260 e. The number of nitriles is 1. The number of rotatable bonds is 4. The van der Waals surface area contributed by atoms with Crippen molar-refractivity contribution in [1.29, 1.82) is 5.26 Å². The Balaban J connectivity index is 1.44. The quantitative estimate of drug-likeness (QED) is 0.637. The fourth-order valence-corrected chi connectivity index (χ4v) is 6.06. The number of hydrogen-bond acceptors (Lipinski definition) is 6. The minimum atomic E-state index is -3.61. The number of carbonyl (C=O) groups is 2. The highest BCUT2D eigenvalue weighted by atomic mass is 32.2. The molecule has 2 heterocycles. The Kier molecular flexibility index (Phi) is 6.32. The van der Waals surface area contributed by atoms with E-state index in [4.69, 9.17) is 5.26 Å². The number of carbonyl (C=O) groups excluding carboxylic acids is 2. The molecule has 0 N–H and O–H groups in total. The van der Waals surface area contributed by atoms with Gasteiger partial charge in [-0.2, -0.15) is 9.57 Å². The zero-order valence-corrected chi connectivity index (χ0v) is 18.7. The molecule has 0 bridgehead atoms. The van der Waals surface area contributed by atoms with Crippen LogP contribution in [-0.2, 0) is 14.8 Å². The average molecular weight is 469 g/mol. The molecule has 0 atom stereocenters. The first-order valence-corrected chi connectivity index (χ1v) is 12.2. The van der Waals surface area contributed by atoms with Crippen molar-refractivity contribution in [3.8, 4) is 6.07 Å². The molecule has 32 heavy (non-hydrogen) atoms. The van der Waals surface area contributed by atoms with Crippen molar-refractivity contribution in [2.45, 2.75) is 9.79 Å². The zero-order valence-electron chi connectivity index (χ0n) is 17.0. The van der Waals surface area contributed by atoms with Crippen molar-refractivity contribution in [2.75, 3.05) is 32.7 Å². The molecule has 0 radical (unpaired) electrons. The molecule has 1 fully saturated rings. The van der Waals surface area contributed by atoms with Crippen LogP contribution in [0.2, 0.25) is 0 Å². The van der Waals surface area contributed by atoms with Crippen LogP contribution in [0.1, 0.15) is 10.4 Å².